The molecule has 1 aliphatic heterocycles. The van der Waals surface area contributed by atoms with Crippen LogP contribution in [-0.4, -0.2) is 29.3 Å². The molecule has 1 fully saturated rings. The Balaban J connectivity index is 1.75. The van der Waals surface area contributed by atoms with Gasteiger partial charge in [-0.25, -0.2) is 4.79 Å². The monoisotopic (exact) mass is 407 g/mol. The molecule has 1 aliphatic rings. The van der Waals surface area contributed by atoms with Crippen LogP contribution in [0.3, 0.4) is 0 Å². The van der Waals surface area contributed by atoms with Crippen LogP contribution in [0, 0.1) is 6.92 Å². The number of hydrogen-bond donors (Lipinski definition) is 2. The Morgan fingerprint density at radius 1 is 1.10 bits per heavy atom. The highest BCUT2D eigenvalue weighted by molar-refractivity contribution is 6.10. The molecule has 6 nitrogen and oxygen atoms in total. The minimum absolute atomic E-state index is 0.328. The molecular formula is C24H29N3O3. The molecule has 0 saturated carbocycles. The highest BCUT2D eigenvalue weighted by Crippen LogP contribution is 2.29. The number of aryl methyl sites for hydroxylation is 3. The van der Waals surface area contributed by atoms with Gasteiger partial charge in [-0.3, -0.25) is 14.5 Å². The first kappa shape index (κ1) is 21.6. The number of carbonyl (C=O) groups is 3. The minimum atomic E-state index is -1.18. The van der Waals surface area contributed by atoms with E-state index in [-0.39, 0.29) is 6.54 Å². The van der Waals surface area contributed by atoms with Gasteiger partial charge in [-0.2, -0.15) is 0 Å². The van der Waals surface area contributed by atoms with Crippen LogP contribution < -0.4 is 10.6 Å². The van der Waals surface area contributed by atoms with Gasteiger partial charge in [-0.1, -0.05) is 62.7 Å². The fourth-order valence-corrected chi connectivity index (χ4v) is 3.85. The number of nitrogens with zero attached hydrogens (tertiary/aromatic N) is 1. The second-order valence-corrected chi connectivity index (χ2v) is 7.90. The van der Waals surface area contributed by atoms with Crippen LogP contribution in [0.2, 0.25) is 0 Å². The Morgan fingerprint density at radius 3 is 2.43 bits per heavy atom. The third-order valence-electron chi connectivity index (χ3n) is 5.65. The van der Waals surface area contributed by atoms with E-state index in [9.17, 15) is 14.4 Å². The number of hydrogen-bond acceptors (Lipinski definition) is 3. The predicted molar refractivity (Wildman–Crippen MR) is 117 cm³/mol. The Bertz CT molecular complexity index is 968. The molecule has 1 saturated heterocycles. The number of urea groups is 1. The van der Waals surface area contributed by atoms with Crippen molar-refractivity contribution in [3.05, 3.63) is 64.7 Å². The summed E-state index contributed by atoms with van der Waals surface area (Å²) in [5, 5.41) is 5.63. The van der Waals surface area contributed by atoms with Crippen molar-refractivity contribution in [2.75, 3.05) is 11.9 Å². The Labute approximate surface area is 177 Å². The van der Waals surface area contributed by atoms with Crippen molar-refractivity contribution >= 4 is 23.5 Å². The van der Waals surface area contributed by atoms with Gasteiger partial charge < -0.3 is 10.6 Å². The quantitative estimate of drug-likeness (QED) is 0.683. The van der Waals surface area contributed by atoms with E-state index in [0.717, 1.165) is 41.0 Å². The fourth-order valence-electron chi connectivity index (χ4n) is 3.85. The minimum Gasteiger partial charge on any atom is -0.324 e. The lowest BCUT2D eigenvalue weighted by atomic mass is 9.91. The van der Waals surface area contributed by atoms with Crippen LogP contribution in [0.15, 0.2) is 42.5 Å². The maximum absolute atomic E-state index is 13.1. The number of anilines is 1. The SMILES string of the molecule is CCCc1ccc([C@@]2(C)NC(=O)N(CC(=O)Nc3c(C)cccc3CC)C2=O)cc1. The topological polar surface area (TPSA) is 78.5 Å². The normalized spacial score (nSPS) is 18.5. The summed E-state index contributed by atoms with van der Waals surface area (Å²) in [6.07, 6.45) is 2.77. The second-order valence-electron chi connectivity index (χ2n) is 7.90. The van der Waals surface area contributed by atoms with Crippen LogP contribution in [0.25, 0.3) is 0 Å². The maximum Gasteiger partial charge on any atom is 0.325 e. The third-order valence-corrected chi connectivity index (χ3v) is 5.65. The molecule has 0 aromatic heterocycles. The molecule has 1 heterocycles. The molecule has 2 aromatic rings. The number of benzene rings is 2. The van der Waals surface area contributed by atoms with Crippen LogP contribution in [0.4, 0.5) is 10.5 Å². The molecule has 0 unspecified atom stereocenters. The first-order valence-corrected chi connectivity index (χ1v) is 10.4. The largest absolute Gasteiger partial charge is 0.325 e. The van der Waals surface area contributed by atoms with Crippen LogP contribution in [0.1, 0.15) is 49.4 Å². The zero-order chi connectivity index (χ0) is 21.9. The van der Waals surface area contributed by atoms with Crippen molar-refractivity contribution in [3.63, 3.8) is 0 Å². The molecule has 3 rings (SSSR count). The fraction of sp³-hybridized carbons (Fsp3) is 0.375. The van der Waals surface area contributed by atoms with Gasteiger partial charge >= 0.3 is 6.03 Å². The summed E-state index contributed by atoms with van der Waals surface area (Å²) in [5.41, 5.74) is 3.40. The first-order chi connectivity index (χ1) is 14.3. The summed E-state index contributed by atoms with van der Waals surface area (Å²) in [4.78, 5) is 39.3. The highest BCUT2D eigenvalue weighted by atomic mass is 16.2. The average molecular weight is 408 g/mol. The van der Waals surface area contributed by atoms with E-state index in [4.69, 9.17) is 0 Å². The summed E-state index contributed by atoms with van der Waals surface area (Å²) >= 11 is 0. The standard InChI is InChI=1S/C24H29N3O3/c1-5-8-17-11-13-19(14-12-17)24(4)22(29)27(23(30)26-24)15-20(28)25-21-16(3)9-7-10-18(21)6-2/h7,9-14H,5-6,8,15H2,1-4H3,(H,25,28)(H,26,30)/t24-/m1/s1. The Morgan fingerprint density at radius 2 is 1.80 bits per heavy atom. The predicted octanol–water partition coefficient (Wildman–Crippen LogP) is 3.92. The summed E-state index contributed by atoms with van der Waals surface area (Å²) < 4.78 is 0. The highest BCUT2D eigenvalue weighted by Gasteiger charge is 2.49. The number of para-hydroxylation sites is 1. The molecule has 0 bridgehead atoms. The van der Waals surface area contributed by atoms with Gasteiger partial charge in [0.1, 0.15) is 12.1 Å². The zero-order valence-electron chi connectivity index (χ0n) is 18.0. The van der Waals surface area contributed by atoms with Crippen LogP contribution in [0.5, 0.6) is 0 Å². The van der Waals surface area contributed by atoms with Crippen molar-refractivity contribution in [3.8, 4) is 0 Å². The maximum atomic E-state index is 13.1. The van der Waals surface area contributed by atoms with Crippen molar-refractivity contribution in [1.82, 2.24) is 10.2 Å². The van der Waals surface area contributed by atoms with Crippen LogP contribution >= 0.6 is 0 Å². The molecule has 0 aliphatic carbocycles. The summed E-state index contributed by atoms with van der Waals surface area (Å²) in [6, 6.07) is 12.9. The van der Waals surface area contributed by atoms with E-state index in [1.54, 1.807) is 6.92 Å². The molecule has 2 aromatic carbocycles. The average Bonchev–Trinajstić information content (AvgIpc) is 2.94. The Kier molecular flexibility index (Phi) is 6.25. The molecule has 2 N–H and O–H groups in total. The van der Waals surface area contributed by atoms with E-state index in [2.05, 4.69) is 17.6 Å². The molecule has 30 heavy (non-hydrogen) atoms. The van der Waals surface area contributed by atoms with Crippen molar-refractivity contribution < 1.29 is 14.4 Å². The van der Waals surface area contributed by atoms with Crippen LogP contribution in [-0.2, 0) is 28.0 Å². The number of carbonyl (C=O) groups excluding carboxylic acids is 3. The van der Waals surface area contributed by atoms with E-state index in [1.807, 2.05) is 56.3 Å². The zero-order valence-corrected chi connectivity index (χ0v) is 18.0. The molecule has 6 heteroatoms. The van der Waals surface area contributed by atoms with Crippen molar-refractivity contribution in [1.29, 1.82) is 0 Å². The first-order valence-electron chi connectivity index (χ1n) is 10.4. The summed E-state index contributed by atoms with van der Waals surface area (Å²) in [5.74, 6) is -0.823. The molecule has 1 atom stereocenters. The van der Waals surface area contributed by atoms with Gasteiger partial charge in [0.05, 0.1) is 0 Å². The lowest BCUT2D eigenvalue weighted by Crippen LogP contribution is -2.42. The molecular weight excluding hydrogens is 378 g/mol. The molecule has 158 valence electrons. The van der Waals surface area contributed by atoms with Gasteiger partial charge in [0.2, 0.25) is 5.91 Å². The van der Waals surface area contributed by atoms with E-state index in [1.165, 1.54) is 5.56 Å². The summed E-state index contributed by atoms with van der Waals surface area (Å²) in [6.45, 7) is 7.39. The lowest BCUT2D eigenvalue weighted by Gasteiger charge is -2.22. The molecule has 0 spiro atoms. The van der Waals surface area contributed by atoms with Crippen molar-refractivity contribution in [2.45, 2.75) is 52.5 Å². The molecule has 0 radical (unpaired) electrons. The van der Waals surface area contributed by atoms with E-state index < -0.39 is 23.4 Å². The number of nitrogens with one attached hydrogen (secondary N) is 2. The number of amides is 4. The van der Waals surface area contributed by atoms with E-state index >= 15 is 0 Å². The second kappa shape index (κ2) is 8.69. The Hall–Kier alpha value is -3.15. The summed E-state index contributed by atoms with van der Waals surface area (Å²) in [7, 11) is 0. The number of rotatable bonds is 7. The lowest BCUT2D eigenvalue weighted by molar-refractivity contribution is -0.133. The van der Waals surface area contributed by atoms with Gasteiger partial charge in [0.15, 0.2) is 0 Å². The van der Waals surface area contributed by atoms with Gasteiger partial charge in [-0.05, 0) is 48.9 Å². The molecule has 4 amide bonds. The number of imide groups is 1. The van der Waals surface area contributed by atoms with Gasteiger partial charge in [0, 0.05) is 5.69 Å². The van der Waals surface area contributed by atoms with Gasteiger partial charge in [-0.15, -0.1) is 0 Å². The van der Waals surface area contributed by atoms with Crippen molar-refractivity contribution in [2.24, 2.45) is 0 Å². The third kappa shape index (κ3) is 4.08. The smallest absolute Gasteiger partial charge is 0.324 e. The van der Waals surface area contributed by atoms with Gasteiger partial charge in [0.25, 0.3) is 5.91 Å². The van der Waals surface area contributed by atoms with E-state index in [0.29, 0.717) is 5.56 Å².